The lowest BCUT2D eigenvalue weighted by atomic mass is 10.0. The molecule has 0 aliphatic carbocycles. The Bertz CT molecular complexity index is 1150. The first-order valence-corrected chi connectivity index (χ1v) is 8.58. The minimum Gasteiger partial charge on any atom is -0.455 e. The molecule has 0 saturated heterocycles. The van der Waals surface area contributed by atoms with Crippen LogP contribution >= 0.6 is 0 Å². The molecule has 0 heterocycles. The van der Waals surface area contributed by atoms with Crippen molar-refractivity contribution in [1.82, 2.24) is 0 Å². The van der Waals surface area contributed by atoms with Gasteiger partial charge in [0.15, 0.2) is 6.61 Å². The SMILES string of the molecule is N#Cc1cc([N+](=O)[O-])ccc1NC(=O)COC(=O)Cc1cccc2ccccc12. The van der Waals surface area contributed by atoms with Crippen LogP contribution in [0.25, 0.3) is 10.8 Å². The Hall–Kier alpha value is -4.25. The Morgan fingerprint density at radius 3 is 2.62 bits per heavy atom. The number of carbonyl (C=O) groups is 2. The number of nitro groups is 1. The quantitative estimate of drug-likeness (QED) is 0.392. The van der Waals surface area contributed by atoms with E-state index < -0.39 is 23.4 Å². The lowest BCUT2D eigenvalue weighted by Gasteiger charge is -2.09. The van der Waals surface area contributed by atoms with Gasteiger partial charge in [0.25, 0.3) is 11.6 Å². The molecule has 0 aliphatic heterocycles. The summed E-state index contributed by atoms with van der Waals surface area (Å²) in [4.78, 5) is 34.3. The summed E-state index contributed by atoms with van der Waals surface area (Å²) in [5.74, 6) is -1.22. The van der Waals surface area contributed by atoms with E-state index in [9.17, 15) is 19.7 Å². The van der Waals surface area contributed by atoms with Crippen molar-refractivity contribution < 1.29 is 19.2 Å². The molecule has 29 heavy (non-hydrogen) atoms. The molecule has 0 aromatic heterocycles. The Labute approximate surface area is 165 Å². The van der Waals surface area contributed by atoms with E-state index in [1.54, 1.807) is 6.07 Å². The van der Waals surface area contributed by atoms with E-state index in [2.05, 4.69) is 5.32 Å². The molecule has 1 N–H and O–H groups in total. The third kappa shape index (κ3) is 4.73. The van der Waals surface area contributed by atoms with Gasteiger partial charge in [-0.1, -0.05) is 42.5 Å². The number of esters is 1. The van der Waals surface area contributed by atoms with E-state index in [0.717, 1.165) is 22.4 Å². The molecular weight excluding hydrogens is 374 g/mol. The lowest BCUT2D eigenvalue weighted by Crippen LogP contribution is -2.22. The highest BCUT2D eigenvalue weighted by Gasteiger charge is 2.14. The molecule has 3 aromatic rings. The van der Waals surface area contributed by atoms with Gasteiger partial charge >= 0.3 is 5.97 Å². The number of hydrogen-bond donors (Lipinski definition) is 1. The van der Waals surface area contributed by atoms with Gasteiger partial charge < -0.3 is 10.1 Å². The topological polar surface area (TPSA) is 122 Å². The van der Waals surface area contributed by atoms with Crippen molar-refractivity contribution in [3.05, 3.63) is 81.9 Å². The first-order valence-electron chi connectivity index (χ1n) is 8.58. The predicted octanol–water partition coefficient (Wildman–Crippen LogP) is 3.34. The van der Waals surface area contributed by atoms with Gasteiger partial charge in [0.2, 0.25) is 0 Å². The number of nitro benzene ring substituents is 1. The first-order chi connectivity index (χ1) is 14.0. The summed E-state index contributed by atoms with van der Waals surface area (Å²) in [6.07, 6.45) is 0.00953. The number of non-ortho nitro benzene ring substituents is 1. The third-order valence-corrected chi connectivity index (χ3v) is 4.19. The molecular formula is C21H15N3O5. The summed E-state index contributed by atoms with van der Waals surface area (Å²) in [5.41, 5.74) is 0.569. The lowest BCUT2D eigenvalue weighted by molar-refractivity contribution is -0.384. The monoisotopic (exact) mass is 389 g/mol. The first kappa shape index (κ1) is 19.5. The molecule has 3 aromatic carbocycles. The Morgan fingerprint density at radius 2 is 1.86 bits per heavy atom. The summed E-state index contributed by atoms with van der Waals surface area (Å²) in [6.45, 7) is -0.536. The molecule has 0 unspecified atom stereocenters. The van der Waals surface area contributed by atoms with E-state index in [1.807, 2.05) is 42.5 Å². The van der Waals surface area contributed by atoms with Crippen LogP contribution in [-0.4, -0.2) is 23.4 Å². The van der Waals surface area contributed by atoms with Crippen LogP contribution < -0.4 is 5.32 Å². The average molecular weight is 389 g/mol. The van der Waals surface area contributed by atoms with Gasteiger partial charge in [0.1, 0.15) is 6.07 Å². The van der Waals surface area contributed by atoms with E-state index in [1.165, 1.54) is 12.1 Å². The maximum absolute atomic E-state index is 12.1. The summed E-state index contributed by atoms with van der Waals surface area (Å²) in [7, 11) is 0. The number of carbonyl (C=O) groups excluding carboxylic acids is 2. The maximum Gasteiger partial charge on any atom is 0.310 e. The van der Waals surface area contributed by atoms with Crippen LogP contribution in [0.2, 0.25) is 0 Å². The standard InChI is InChI=1S/C21H15N3O5/c22-12-16-10-17(24(27)28)8-9-19(16)23-20(25)13-29-21(26)11-15-6-3-5-14-4-1-2-7-18(14)15/h1-10H,11,13H2,(H,23,25). The molecule has 0 atom stereocenters. The second kappa shape index (κ2) is 8.63. The molecule has 144 valence electrons. The number of benzene rings is 3. The highest BCUT2D eigenvalue weighted by atomic mass is 16.6. The summed E-state index contributed by atoms with van der Waals surface area (Å²) in [5, 5.41) is 24.2. The van der Waals surface area contributed by atoms with E-state index in [0.29, 0.717) is 0 Å². The van der Waals surface area contributed by atoms with E-state index in [-0.39, 0.29) is 23.4 Å². The highest BCUT2D eigenvalue weighted by molar-refractivity contribution is 5.95. The summed E-state index contributed by atoms with van der Waals surface area (Å²) < 4.78 is 5.02. The van der Waals surface area contributed by atoms with Gasteiger partial charge in [0.05, 0.1) is 22.6 Å². The van der Waals surface area contributed by atoms with Crippen LogP contribution in [0.15, 0.2) is 60.7 Å². The van der Waals surface area contributed by atoms with Crippen molar-refractivity contribution in [2.45, 2.75) is 6.42 Å². The normalized spacial score (nSPS) is 10.2. The van der Waals surface area contributed by atoms with Gasteiger partial charge in [-0.25, -0.2) is 0 Å². The molecule has 0 radical (unpaired) electrons. The van der Waals surface area contributed by atoms with Crippen LogP contribution in [0.4, 0.5) is 11.4 Å². The molecule has 0 spiro atoms. The number of anilines is 1. The van der Waals surface area contributed by atoms with Gasteiger partial charge in [0, 0.05) is 12.1 Å². The van der Waals surface area contributed by atoms with Gasteiger partial charge in [-0.15, -0.1) is 0 Å². The number of hydrogen-bond acceptors (Lipinski definition) is 6. The highest BCUT2D eigenvalue weighted by Crippen LogP contribution is 2.22. The molecule has 1 amide bonds. The molecule has 8 nitrogen and oxygen atoms in total. The number of rotatable bonds is 6. The fourth-order valence-corrected chi connectivity index (χ4v) is 2.83. The second-order valence-corrected chi connectivity index (χ2v) is 6.12. The van der Waals surface area contributed by atoms with Crippen molar-refractivity contribution in [3.63, 3.8) is 0 Å². The van der Waals surface area contributed by atoms with Gasteiger partial charge in [-0.3, -0.25) is 19.7 Å². The smallest absolute Gasteiger partial charge is 0.310 e. The van der Waals surface area contributed by atoms with Crippen LogP contribution in [0, 0.1) is 21.4 Å². The Morgan fingerprint density at radius 1 is 1.10 bits per heavy atom. The molecule has 0 fully saturated rings. The molecule has 3 rings (SSSR count). The van der Waals surface area contributed by atoms with Gasteiger partial charge in [-0.2, -0.15) is 5.26 Å². The van der Waals surface area contributed by atoms with Crippen LogP contribution in [0.1, 0.15) is 11.1 Å². The van der Waals surface area contributed by atoms with Crippen LogP contribution in [0.5, 0.6) is 0 Å². The minimum absolute atomic E-state index is 0.00953. The summed E-state index contributed by atoms with van der Waals surface area (Å²) in [6, 6.07) is 18.5. The second-order valence-electron chi connectivity index (χ2n) is 6.12. The largest absolute Gasteiger partial charge is 0.455 e. The number of nitriles is 1. The minimum atomic E-state index is -0.651. The van der Waals surface area contributed by atoms with Crippen molar-refractivity contribution in [2.24, 2.45) is 0 Å². The van der Waals surface area contributed by atoms with Crippen molar-refractivity contribution in [3.8, 4) is 6.07 Å². The summed E-state index contributed by atoms with van der Waals surface area (Å²) >= 11 is 0. The molecule has 8 heteroatoms. The number of ether oxygens (including phenoxy) is 1. The van der Waals surface area contributed by atoms with Gasteiger partial charge in [-0.05, 0) is 22.4 Å². The van der Waals surface area contributed by atoms with E-state index >= 15 is 0 Å². The third-order valence-electron chi connectivity index (χ3n) is 4.19. The fourth-order valence-electron chi connectivity index (χ4n) is 2.83. The number of nitrogens with zero attached hydrogens (tertiary/aromatic N) is 2. The number of nitrogens with one attached hydrogen (secondary N) is 1. The van der Waals surface area contributed by atoms with E-state index in [4.69, 9.17) is 10.00 Å². The number of fused-ring (bicyclic) bond motifs is 1. The Kier molecular flexibility index (Phi) is 5.80. The molecule has 0 aliphatic rings. The molecule has 0 saturated carbocycles. The zero-order valence-corrected chi connectivity index (χ0v) is 15.1. The molecule has 0 bridgehead atoms. The maximum atomic E-state index is 12.1. The van der Waals surface area contributed by atoms with Crippen molar-refractivity contribution in [2.75, 3.05) is 11.9 Å². The number of amides is 1. The zero-order chi connectivity index (χ0) is 20.8. The predicted molar refractivity (Wildman–Crippen MR) is 105 cm³/mol. The van der Waals surface area contributed by atoms with Crippen molar-refractivity contribution >= 4 is 34.0 Å². The van der Waals surface area contributed by atoms with Crippen molar-refractivity contribution in [1.29, 1.82) is 5.26 Å². The zero-order valence-electron chi connectivity index (χ0n) is 15.1. The van der Waals surface area contributed by atoms with Crippen LogP contribution in [-0.2, 0) is 20.7 Å². The Balaban J connectivity index is 1.60. The average Bonchev–Trinajstić information content (AvgIpc) is 2.72. The fraction of sp³-hybridized carbons (Fsp3) is 0.0952. The van der Waals surface area contributed by atoms with Crippen LogP contribution in [0.3, 0.4) is 0 Å².